The van der Waals surface area contributed by atoms with Crippen LogP contribution in [0.3, 0.4) is 0 Å². The molecule has 0 aliphatic carbocycles. The summed E-state index contributed by atoms with van der Waals surface area (Å²) in [6.45, 7) is 12.4. The van der Waals surface area contributed by atoms with Crippen molar-refractivity contribution in [2.75, 3.05) is 0 Å². The SMILES string of the molecule is CC(C)(C)C(Cl)(Cl)Cc1cccc2cc3c(CC(Cl)(Cl)C(C)(C)C)cccc3cc12. The van der Waals surface area contributed by atoms with E-state index in [1.165, 1.54) is 10.8 Å². The van der Waals surface area contributed by atoms with Gasteiger partial charge in [0.25, 0.3) is 0 Å². The highest BCUT2D eigenvalue weighted by molar-refractivity contribution is 6.49. The van der Waals surface area contributed by atoms with Gasteiger partial charge in [-0.25, -0.2) is 0 Å². The number of benzene rings is 3. The molecule has 0 bridgehead atoms. The van der Waals surface area contributed by atoms with E-state index in [2.05, 4.69) is 90.1 Å². The molecule has 0 atom stereocenters. The van der Waals surface area contributed by atoms with Crippen LogP contribution in [0, 0.1) is 10.8 Å². The fourth-order valence-electron chi connectivity index (χ4n) is 3.50. The Morgan fingerprint density at radius 3 is 1.20 bits per heavy atom. The van der Waals surface area contributed by atoms with Gasteiger partial charge in [-0.3, -0.25) is 0 Å². The monoisotopic (exact) mass is 482 g/mol. The molecule has 3 aromatic rings. The minimum atomic E-state index is -0.859. The average Bonchev–Trinajstić information content (AvgIpc) is 2.58. The largest absolute Gasteiger partial charge is 0.127 e. The third-order valence-electron chi connectivity index (χ3n) is 6.08. The first-order valence-electron chi connectivity index (χ1n) is 10.3. The van der Waals surface area contributed by atoms with E-state index >= 15 is 0 Å². The van der Waals surface area contributed by atoms with Gasteiger partial charge in [-0.2, -0.15) is 0 Å². The molecule has 4 heteroatoms. The summed E-state index contributed by atoms with van der Waals surface area (Å²) in [7, 11) is 0. The predicted octanol–water partition coefficient (Wildman–Crippen LogP) is 9.52. The lowest BCUT2D eigenvalue weighted by molar-refractivity contribution is 0.352. The molecule has 0 fully saturated rings. The molecule has 0 saturated carbocycles. The van der Waals surface area contributed by atoms with Crippen LogP contribution >= 0.6 is 46.4 Å². The zero-order valence-corrected chi connectivity index (χ0v) is 21.6. The quantitative estimate of drug-likeness (QED) is 0.256. The normalized spacial score (nSPS) is 13.9. The van der Waals surface area contributed by atoms with Crippen LogP contribution in [0.1, 0.15) is 52.7 Å². The van der Waals surface area contributed by atoms with Crippen LogP contribution in [0.25, 0.3) is 21.5 Å². The number of hydrogen-bond donors (Lipinski definition) is 0. The van der Waals surface area contributed by atoms with E-state index in [4.69, 9.17) is 46.4 Å². The summed E-state index contributed by atoms with van der Waals surface area (Å²) >= 11 is 27.0. The zero-order chi connectivity index (χ0) is 22.5. The molecule has 0 aromatic heterocycles. The molecule has 0 N–H and O–H groups in total. The van der Waals surface area contributed by atoms with Crippen LogP contribution < -0.4 is 0 Å². The molecule has 0 saturated heterocycles. The summed E-state index contributed by atoms with van der Waals surface area (Å²) in [6, 6.07) is 17.1. The first-order valence-corrected chi connectivity index (χ1v) is 11.8. The van der Waals surface area contributed by atoms with Crippen molar-refractivity contribution < 1.29 is 0 Å². The van der Waals surface area contributed by atoms with E-state index in [9.17, 15) is 0 Å². The number of rotatable bonds is 4. The second-order valence-electron chi connectivity index (χ2n) is 10.4. The standard InChI is InChI=1S/C26H30Cl4/c1-23(2,3)25(27,28)15-19-11-7-9-17-14-22-18(13-21(17)19)10-8-12-20(22)16-26(29,30)24(4,5)6/h7-14H,15-16H2,1-6H3. The van der Waals surface area contributed by atoms with Crippen molar-refractivity contribution in [3.05, 3.63) is 59.7 Å². The average molecular weight is 484 g/mol. The van der Waals surface area contributed by atoms with Gasteiger partial charge in [0.15, 0.2) is 0 Å². The lowest BCUT2D eigenvalue weighted by Gasteiger charge is -2.34. The van der Waals surface area contributed by atoms with Gasteiger partial charge < -0.3 is 0 Å². The topological polar surface area (TPSA) is 0 Å². The van der Waals surface area contributed by atoms with E-state index in [1.807, 2.05) is 0 Å². The smallest absolute Gasteiger partial charge is 0.101 e. The Balaban J connectivity index is 2.13. The lowest BCUT2D eigenvalue weighted by atomic mass is 9.84. The number of hydrogen-bond acceptors (Lipinski definition) is 0. The van der Waals surface area contributed by atoms with Crippen molar-refractivity contribution in [3.8, 4) is 0 Å². The number of fused-ring (bicyclic) bond motifs is 2. The van der Waals surface area contributed by atoms with E-state index in [-0.39, 0.29) is 10.8 Å². The molecule has 0 aliphatic heterocycles. The van der Waals surface area contributed by atoms with Crippen LogP contribution in [0.5, 0.6) is 0 Å². The summed E-state index contributed by atoms with van der Waals surface area (Å²) in [4.78, 5) is 0. The second-order valence-corrected chi connectivity index (χ2v) is 13.4. The Hall–Kier alpha value is -0.660. The van der Waals surface area contributed by atoms with Crippen molar-refractivity contribution in [1.29, 1.82) is 0 Å². The Morgan fingerprint density at radius 2 is 0.900 bits per heavy atom. The van der Waals surface area contributed by atoms with Gasteiger partial charge in [0.2, 0.25) is 0 Å². The van der Waals surface area contributed by atoms with Crippen LogP contribution in [0.4, 0.5) is 0 Å². The van der Waals surface area contributed by atoms with Crippen LogP contribution in [-0.4, -0.2) is 8.67 Å². The van der Waals surface area contributed by atoms with Crippen LogP contribution in [0.15, 0.2) is 48.5 Å². The maximum absolute atomic E-state index is 6.74. The molecule has 0 unspecified atom stereocenters. The van der Waals surface area contributed by atoms with Gasteiger partial charge in [-0.1, -0.05) is 77.9 Å². The van der Waals surface area contributed by atoms with E-state index in [1.54, 1.807) is 0 Å². The first kappa shape index (κ1) is 24.0. The Labute approximate surface area is 200 Å². The predicted molar refractivity (Wildman–Crippen MR) is 137 cm³/mol. The van der Waals surface area contributed by atoms with Crippen LogP contribution in [-0.2, 0) is 12.8 Å². The number of alkyl halides is 4. The fourth-order valence-corrected chi connectivity index (χ4v) is 4.07. The third kappa shape index (κ3) is 4.73. The zero-order valence-electron chi connectivity index (χ0n) is 18.5. The summed E-state index contributed by atoms with van der Waals surface area (Å²) in [5.74, 6) is 0. The second kappa shape index (κ2) is 8.04. The van der Waals surface area contributed by atoms with Crippen molar-refractivity contribution in [2.24, 2.45) is 10.8 Å². The maximum atomic E-state index is 6.74. The molecule has 0 amide bonds. The Bertz CT molecular complexity index is 979. The molecule has 0 aliphatic rings. The minimum absolute atomic E-state index is 0.237. The van der Waals surface area contributed by atoms with E-state index < -0.39 is 8.67 Å². The molecule has 3 rings (SSSR count). The number of halogens is 4. The molecule has 0 radical (unpaired) electrons. The molecule has 0 nitrogen and oxygen atoms in total. The van der Waals surface area contributed by atoms with Gasteiger partial charge >= 0.3 is 0 Å². The highest BCUT2D eigenvalue weighted by atomic mass is 35.5. The molecule has 0 heterocycles. The Kier molecular flexibility index (Phi) is 6.43. The van der Waals surface area contributed by atoms with Crippen molar-refractivity contribution in [3.63, 3.8) is 0 Å². The first-order chi connectivity index (χ1) is 13.6. The summed E-state index contributed by atoms with van der Waals surface area (Å²) < 4.78 is -1.72. The third-order valence-corrected chi connectivity index (χ3v) is 8.88. The van der Waals surface area contributed by atoms with Crippen molar-refractivity contribution in [2.45, 2.75) is 63.1 Å². The minimum Gasteiger partial charge on any atom is -0.101 e. The van der Waals surface area contributed by atoms with Gasteiger partial charge in [0, 0.05) is 12.8 Å². The maximum Gasteiger partial charge on any atom is 0.127 e. The molecule has 162 valence electrons. The highest BCUT2D eigenvalue weighted by Crippen LogP contribution is 2.45. The molecule has 30 heavy (non-hydrogen) atoms. The van der Waals surface area contributed by atoms with Gasteiger partial charge in [0.1, 0.15) is 8.67 Å². The fraction of sp³-hybridized carbons (Fsp3) is 0.462. The lowest BCUT2D eigenvalue weighted by Crippen LogP contribution is -2.33. The molecule has 3 aromatic carbocycles. The molecule has 0 spiro atoms. The van der Waals surface area contributed by atoms with Gasteiger partial charge in [-0.15, -0.1) is 46.4 Å². The van der Waals surface area contributed by atoms with E-state index in [0.29, 0.717) is 12.8 Å². The summed E-state index contributed by atoms with van der Waals surface area (Å²) in [6.07, 6.45) is 1.16. The molecular weight excluding hydrogens is 454 g/mol. The summed E-state index contributed by atoms with van der Waals surface area (Å²) in [5, 5.41) is 4.68. The van der Waals surface area contributed by atoms with Gasteiger partial charge in [0.05, 0.1) is 0 Å². The van der Waals surface area contributed by atoms with Crippen LogP contribution in [0.2, 0.25) is 0 Å². The summed E-state index contributed by atoms with van der Waals surface area (Å²) in [5.41, 5.74) is 1.83. The van der Waals surface area contributed by atoms with E-state index in [0.717, 1.165) is 21.9 Å². The van der Waals surface area contributed by atoms with Crippen molar-refractivity contribution in [1.82, 2.24) is 0 Å². The molecular formula is C26H30Cl4. The van der Waals surface area contributed by atoms with Gasteiger partial charge in [-0.05, 0) is 55.6 Å². The highest BCUT2D eigenvalue weighted by Gasteiger charge is 2.39. The van der Waals surface area contributed by atoms with Crippen molar-refractivity contribution >= 4 is 67.9 Å². The Morgan fingerprint density at radius 1 is 0.567 bits per heavy atom.